The van der Waals surface area contributed by atoms with Gasteiger partial charge in [-0.3, -0.25) is 13.7 Å². The molecule has 3 rings (SSSR count). The first kappa shape index (κ1) is 29.3. The minimum Gasteiger partial charge on any atom is -0.507 e. The molecule has 0 spiro atoms. The van der Waals surface area contributed by atoms with Gasteiger partial charge in [-0.05, 0) is 41.8 Å². The van der Waals surface area contributed by atoms with Crippen molar-refractivity contribution in [2.24, 2.45) is 10.2 Å². The summed E-state index contributed by atoms with van der Waals surface area (Å²) >= 11 is 0. The third-order valence-electron chi connectivity index (χ3n) is 4.79. The second kappa shape index (κ2) is 10.1. The van der Waals surface area contributed by atoms with Gasteiger partial charge in [0.15, 0.2) is 9.84 Å². The highest BCUT2D eigenvalue weighted by molar-refractivity contribution is 7.91. The smallest absolute Gasteiger partial charge is 0.397 e. The van der Waals surface area contributed by atoms with Crippen LogP contribution in [0.1, 0.15) is 0 Å². The van der Waals surface area contributed by atoms with Crippen molar-refractivity contribution in [3.8, 4) is 5.75 Å². The van der Waals surface area contributed by atoms with E-state index in [0.29, 0.717) is 6.07 Å². The molecular weight excluding hydrogens is 594 g/mol. The number of hydrogen-bond donors (Lipinski definition) is 5. The van der Waals surface area contributed by atoms with Gasteiger partial charge in [0.05, 0.1) is 33.5 Å². The van der Waals surface area contributed by atoms with Gasteiger partial charge in [0.1, 0.15) is 16.3 Å². The number of fused-ring (bicyclic) bond motifs is 1. The van der Waals surface area contributed by atoms with Crippen molar-refractivity contribution in [3.05, 3.63) is 42.5 Å². The van der Waals surface area contributed by atoms with Gasteiger partial charge in [0.25, 0.3) is 20.2 Å². The molecule has 0 aliphatic rings. The van der Waals surface area contributed by atoms with Gasteiger partial charge >= 0.3 is 10.4 Å². The minimum absolute atomic E-state index is 0.0372. The molecule has 0 aliphatic heterocycles. The van der Waals surface area contributed by atoms with E-state index in [1.807, 2.05) is 0 Å². The largest absolute Gasteiger partial charge is 0.507 e. The maximum Gasteiger partial charge on any atom is 0.397 e. The lowest BCUT2D eigenvalue weighted by Gasteiger charge is -2.12. The molecule has 0 fully saturated rings. The minimum atomic E-state index is -5.04. The van der Waals surface area contributed by atoms with Crippen LogP contribution < -0.4 is 5.73 Å². The SMILES string of the molecule is Nc1c(N=Nc2ccc(S(=O)(=O)CCOS(=O)(=O)O)cc2)c(S(=O)(=O)O)cc2cc(S(=O)(=O)O)cc(O)c12. The highest BCUT2D eigenvalue weighted by atomic mass is 32.3. The van der Waals surface area contributed by atoms with Crippen LogP contribution in [-0.2, 0) is 44.7 Å². The van der Waals surface area contributed by atoms with Crippen molar-refractivity contribution < 1.29 is 56.6 Å². The molecule has 0 unspecified atom stereocenters. The Morgan fingerprint density at radius 3 is 1.92 bits per heavy atom. The van der Waals surface area contributed by atoms with E-state index in [2.05, 4.69) is 14.4 Å². The number of rotatable bonds is 9. The third-order valence-corrected chi connectivity index (χ3v) is 8.64. The zero-order chi connectivity index (χ0) is 28.7. The van der Waals surface area contributed by atoms with Crippen molar-refractivity contribution in [2.45, 2.75) is 14.7 Å². The Hall–Kier alpha value is -3.24. The highest BCUT2D eigenvalue weighted by Gasteiger charge is 2.24. The van der Waals surface area contributed by atoms with Crippen LogP contribution in [0.3, 0.4) is 0 Å². The Morgan fingerprint density at radius 2 is 1.39 bits per heavy atom. The molecule has 0 heterocycles. The van der Waals surface area contributed by atoms with Crippen molar-refractivity contribution >= 4 is 68.3 Å². The van der Waals surface area contributed by atoms with Gasteiger partial charge in [0, 0.05) is 11.5 Å². The Kier molecular flexibility index (Phi) is 7.83. The second-order valence-corrected chi connectivity index (χ2v) is 13.4. The highest BCUT2D eigenvalue weighted by Crippen LogP contribution is 2.43. The zero-order valence-corrected chi connectivity index (χ0v) is 21.8. The molecule has 0 amide bonds. The number of anilines is 1. The number of aromatic hydroxyl groups is 1. The van der Waals surface area contributed by atoms with Gasteiger partial charge in [-0.25, -0.2) is 12.6 Å². The zero-order valence-electron chi connectivity index (χ0n) is 18.5. The average molecular weight is 612 g/mol. The van der Waals surface area contributed by atoms with Crippen LogP contribution >= 0.6 is 0 Å². The van der Waals surface area contributed by atoms with Gasteiger partial charge in [-0.1, -0.05) is 0 Å². The number of sulfone groups is 1. The van der Waals surface area contributed by atoms with E-state index < -0.39 is 79.7 Å². The quantitative estimate of drug-likeness (QED) is 0.131. The lowest BCUT2D eigenvalue weighted by atomic mass is 10.1. The molecule has 6 N–H and O–H groups in total. The number of nitrogen functional groups attached to an aromatic ring is 1. The maximum atomic E-state index is 12.3. The summed E-state index contributed by atoms with van der Waals surface area (Å²) in [5, 5.41) is 17.1. The summed E-state index contributed by atoms with van der Waals surface area (Å²) in [6.45, 7) is -0.846. The van der Waals surface area contributed by atoms with E-state index in [-0.39, 0.29) is 21.4 Å². The van der Waals surface area contributed by atoms with Crippen LogP contribution in [0.25, 0.3) is 10.8 Å². The lowest BCUT2D eigenvalue weighted by Crippen LogP contribution is -2.15. The van der Waals surface area contributed by atoms with E-state index in [9.17, 15) is 47.9 Å². The third kappa shape index (κ3) is 6.79. The van der Waals surface area contributed by atoms with Crippen LogP contribution in [-0.4, -0.2) is 64.8 Å². The number of azo groups is 1. The number of benzene rings is 3. The molecule has 20 heteroatoms. The van der Waals surface area contributed by atoms with Gasteiger partial charge in [-0.2, -0.15) is 30.4 Å². The standard InChI is InChI=1S/C18H17N3O13S4/c19-17-16-10(7-13(9-14(16)22)36(25,26)27)8-15(37(28,29)30)18(17)21-20-11-1-3-12(4-2-11)35(23,24)6-5-34-38(31,32)33/h1-4,7-9,22H,5-6,19H2,(H,25,26,27)(H,28,29,30)(H,31,32,33). The van der Waals surface area contributed by atoms with Gasteiger partial charge in [-0.15, -0.1) is 5.11 Å². The van der Waals surface area contributed by atoms with E-state index in [1.54, 1.807) is 0 Å². The molecule has 206 valence electrons. The normalized spacial score (nSPS) is 13.3. The summed E-state index contributed by atoms with van der Waals surface area (Å²) in [7, 11) is -18.7. The fraction of sp³-hybridized carbons (Fsp3) is 0.111. The first-order valence-corrected chi connectivity index (χ1v) is 15.6. The van der Waals surface area contributed by atoms with Crippen molar-refractivity contribution in [1.29, 1.82) is 0 Å². The summed E-state index contributed by atoms with van der Waals surface area (Å²) in [6, 6.07) is 6.61. The van der Waals surface area contributed by atoms with E-state index in [0.717, 1.165) is 36.4 Å². The van der Waals surface area contributed by atoms with Crippen LogP contribution in [0, 0.1) is 0 Å². The lowest BCUT2D eigenvalue weighted by molar-refractivity contribution is 0.284. The predicted molar refractivity (Wildman–Crippen MR) is 130 cm³/mol. The van der Waals surface area contributed by atoms with Crippen LogP contribution in [0.5, 0.6) is 5.75 Å². The summed E-state index contributed by atoms with van der Waals surface area (Å²) < 4.78 is 124. The fourth-order valence-electron chi connectivity index (χ4n) is 3.13. The monoisotopic (exact) mass is 611 g/mol. The molecular formula is C18H17N3O13S4. The number of nitrogens with two attached hydrogens (primary N) is 1. The van der Waals surface area contributed by atoms with Crippen LogP contribution in [0.2, 0.25) is 0 Å². The topological polar surface area (TPSA) is 277 Å². The Labute approximate surface area is 215 Å². The summed E-state index contributed by atoms with van der Waals surface area (Å²) in [5.41, 5.74) is 4.73. The van der Waals surface area contributed by atoms with E-state index in [1.165, 1.54) is 0 Å². The Balaban J connectivity index is 2.03. The fourth-order valence-corrected chi connectivity index (χ4v) is 5.83. The first-order valence-electron chi connectivity index (χ1n) is 9.70. The molecule has 16 nitrogen and oxygen atoms in total. The molecule has 0 aromatic heterocycles. The molecule has 38 heavy (non-hydrogen) atoms. The average Bonchev–Trinajstić information content (AvgIpc) is 2.76. The number of phenolic OH excluding ortho intramolecular Hbond substituents is 1. The molecule has 0 saturated carbocycles. The predicted octanol–water partition coefficient (Wildman–Crippen LogP) is 1.63. The summed E-state index contributed by atoms with van der Waals surface area (Å²) in [4.78, 5) is -1.98. The first-order chi connectivity index (χ1) is 17.3. The van der Waals surface area contributed by atoms with Crippen molar-refractivity contribution in [3.63, 3.8) is 0 Å². The molecule has 0 radical (unpaired) electrons. The van der Waals surface area contributed by atoms with Gasteiger partial charge in [0.2, 0.25) is 0 Å². The van der Waals surface area contributed by atoms with Crippen molar-refractivity contribution in [1.82, 2.24) is 0 Å². The van der Waals surface area contributed by atoms with Crippen molar-refractivity contribution in [2.75, 3.05) is 18.1 Å². The van der Waals surface area contributed by atoms with E-state index in [4.69, 9.17) is 10.3 Å². The van der Waals surface area contributed by atoms with Crippen LogP contribution in [0.15, 0.2) is 67.4 Å². The molecule has 0 aliphatic carbocycles. The molecule has 0 bridgehead atoms. The van der Waals surface area contributed by atoms with E-state index >= 15 is 0 Å². The number of hydrogen-bond acceptors (Lipinski definition) is 13. The molecule has 3 aromatic carbocycles. The molecule has 0 atom stereocenters. The number of phenols is 1. The Bertz CT molecular complexity index is 1880. The summed E-state index contributed by atoms with van der Waals surface area (Å²) in [5.74, 6) is -1.56. The number of nitrogens with zero attached hydrogens (tertiary/aromatic N) is 2. The maximum absolute atomic E-state index is 12.3. The van der Waals surface area contributed by atoms with Gasteiger partial charge < -0.3 is 10.8 Å². The second-order valence-electron chi connectivity index (χ2n) is 7.39. The van der Waals surface area contributed by atoms with Crippen LogP contribution in [0.4, 0.5) is 17.1 Å². The molecule has 3 aromatic rings. The summed E-state index contributed by atoms with van der Waals surface area (Å²) in [6.07, 6.45) is 0. The Morgan fingerprint density at radius 1 is 0.789 bits per heavy atom. The molecule has 0 saturated heterocycles.